The average Bonchev–Trinajstić information content (AvgIpc) is 3.15. The van der Waals surface area contributed by atoms with Gasteiger partial charge in [0.1, 0.15) is 0 Å². The number of carbonyl (C=O) groups excluding carboxylic acids is 2. The van der Waals surface area contributed by atoms with E-state index in [1.807, 2.05) is 47.4 Å². The summed E-state index contributed by atoms with van der Waals surface area (Å²) in [6.45, 7) is 2.85. The molecule has 2 fully saturated rings. The van der Waals surface area contributed by atoms with Gasteiger partial charge in [0, 0.05) is 44.0 Å². The summed E-state index contributed by atoms with van der Waals surface area (Å²) in [5.41, 5.74) is 2.82. The van der Waals surface area contributed by atoms with Crippen LogP contribution in [0.25, 0.3) is 0 Å². The van der Waals surface area contributed by atoms with Crippen molar-refractivity contribution in [2.75, 3.05) is 36.4 Å². The van der Waals surface area contributed by atoms with E-state index in [-0.39, 0.29) is 18.0 Å². The van der Waals surface area contributed by atoms with Gasteiger partial charge >= 0.3 is 6.03 Å². The van der Waals surface area contributed by atoms with Crippen LogP contribution >= 0.6 is 0 Å². The average molecular weight is 364 g/mol. The summed E-state index contributed by atoms with van der Waals surface area (Å²) in [5.74, 6) is 0.166. The van der Waals surface area contributed by atoms with Gasteiger partial charge in [0.25, 0.3) is 0 Å². The molecule has 2 aromatic rings. The molecule has 2 saturated heterocycles. The van der Waals surface area contributed by atoms with E-state index in [1.165, 1.54) is 5.56 Å². The van der Waals surface area contributed by atoms with Crippen molar-refractivity contribution >= 4 is 23.3 Å². The van der Waals surface area contributed by atoms with Crippen LogP contribution < -0.4 is 15.5 Å². The first-order valence-electron chi connectivity index (χ1n) is 9.45. The van der Waals surface area contributed by atoms with Crippen molar-refractivity contribution in [1.82, 2.24) is 10.2 Å². The fourth-order valence-electron chi connectivity index (χ4n) is 3.69. The summed E-state index contributed by atoms with van der Waals surface area (Å²) >= 11 is 0. The third-order valence-electron chi connectivity index (χ3n) is 5.17. The topological polar surface area (TPSA) is 64.7 Å². The van der Waals surface area contributed by atoms with E-state index < -0.39 is 0 Å². The number of hydrogen-bond donors (Lipinski definition) is 2. The monoisotopic (exact) mass is 364 g/mol. The normalized spacial score (nSPS) is 20.0. The molecule has 27 heavy (non-hydrogen) atoms. The smallest absolute Gasteiger partial charge is 0.321 e. The number of benzene rings is 2. The molecule has 2 aliphatic heterocycles. The van der Waals surface area contributed by atoms with Gasteiger partial charge in [-0.25, -0.2) is 4.79 Å². The molecule has 0 unspecified atom stereocenters. The second kappa shape index (κ2) is 7.80. The molecule has 0 spiro atoms. The largest absolute Gasteiger partial charge is 0.321 e. The summed E-state index contributed by atoms with van der Waals surface area (Å²) in [6.07, 6.45) is 1.52. The molecule has 140 valence electrons. The molecule has 6 nitrogen and oxygen atoms in total. The first kappa shape index (κ1) is 17.5. The Hall–Kier alpha value is -2.86. The van der Waals surface area contributed by atoms with E-state index in [0.29, 0.717) is 19.5 Å². The van der Waals surface area contributed by atoms with Gasteiger partial charge in [-0.3, -0.25) is 4.79 Å². The van der Waals surface area contributed by atoms with Crippen LogP contribution in [-0.2, 0) is 4.79 Å². The lowest BCUT2D eigenvalue weighted by Crippen LogP contribution is -2.49. The zero-order valence-electron chi connectivity index (χ0n) is 15.2. The Bertz CT molecular complexity index is 807. The minimum atomic E-state index is -0.0950. The minimum absolute atomic E-state index is 0.0950. The van der Waals surface area contributed by atoms with Crippen LogP contribution in [0.5, 0.6) is 0 Å². The molecule has 2 heterocycles. The highest BCUT2D eigenvalue weighted by atomic mass is 16.2. The number of carbonyl (C=O) groups is 2. The third kappa shape index (κ3) is 3.95. The van der Waals surface area contributed by atoms with E-state index in [9.17, 15) is 9.59 Å². The van der Waals surface area contributed by atoms with Gasteiger partial charge in [0.05, 0.1) is 6.04 Å². The van der Waals surface area contributed by atoms with Gasteiger partial charge in [-0.05, 0) is 36.2 Å². The number of rotatable bonds is 3. The van der Waals surface area contributed by atoms with Crippen LogP contribution in [0.2, 0.25) is 0 Å². The Morgan fingerprint density at radius 2 is 1.81 bits per heavy atom. The number of anilines is 2. The molecular formula is C21H24N4O2. The molecule has 0 bridgehead atoms. The molecule has 1 atom stereocenters. The predicted molar refractivity (Wildman–Crippen MR) is 106 cm³/mol. The van der Waals surface area contributed by atoms with Gasteiger partial charge in [0.15, 0.2) is 0 Å². The Kier molecular flexibility index (Phi) is 5.07. The molecule has 0 saturated carbocycles. The van der Waals surface area contributed by atoms with Crippen molar-refractivity contribution in [3.05, 3.63) is 60.2 Å². The molecule has 0 radical (unpaired) electrons. The highest BCUT2D eigenvalue weighted by Crippen LogP contribution is 2.23. The number of nitrogens with zero attached hydrogens (tertiary/aromatic N) is 2. The Balaban J connectivity index is 1.37. The lowest BCUT2D eigenvalue weighted by molar-refractivity contribution is -0.117. The van der Waals surface area contributed by atoms with Crippen molar-refractivity contribution in [2.24, 2.45) is 0 Å². The summed E-state index contributed by atoms with van der Waals surface area (Å²) < 4.78 is 0. The molecule has 4 rings (SSSR count). The molecule has 6 heteroatoms. The number of piperazine rings is 1. The lowest BCUT2D eigenvalue weighted by atomic mass is 10.0. The zero-order valence-corrected chi connectivity index (χ0v) is 15.2. The highest BCUT2D eigenvalue weighted by Gasteiger charge is 2.25. The fraction of sp³-hybridized carbons (Fsp3) is 0.333. The lowest BCUT2D eigenvalue weighted by Gasteiger charge is -2.34. The maximum atomic E-state index is 12.7. The summed E-state index contributed by atoms with van der Waals surface area (Å²) in [5, 5.41) is 6.44. The first-order valence-corrected chi connectivity index (χ1v) is 9.45. The summed E-state index contributed by atoms with van der Waals surface area (Å²) in [7, 11) is 0. The van der Waals surface area contributed by atoms with Crippen molar-refractivity contribution in [3.8, 4) is 0 Å². The van der Waals surface area contributed by atoms with E-state index >= 15 is 0 Å². The van der Waals surface area contributed by atoms with Gasteiger partial charge in [-0.15, -0.1) is 0 Å². The van der Waals surface area contributed by atoms with Crippen LogP contribution in [-0.4, -0.2) is 43.0 Å². The second-order valence-corrected chi connectivity index (χ2v) is 6.99. The number of hydrogen-bond acceptors (Lipinski definition) is 3. The fourth-order valence-corrected chi connectivity index (χ4v) is 3.69. The van der Waals surface area contributed by atoms with E-state index in [2.05, 4.69) is 22.8 Å². The molecule has 2 aromatic carbocycles. The van der Waals surface area contributed by atoms with Crippen molar-refractivity contribution in [1.29, 1.82) is 0 Å². The number of urea groups is 1. The molecule has 2 N–H and O–H groups in total. The predicted octanol–water partition coefficient (Wildman–Crippen LogP) is 2.99. The Morgan fingerprint density at radius 3 is 2.52 bits per heavy atom. The Labute approximate surface area is 159 Å². The quantitative estimate of drug-likeness (QED) is 0.880. The molecule has 3 amide bonds. The van der Waals surface area contributed by atoms with Crippen LogP contribution in [0.15, 0.2) is 54.6 Å². The summed E-state index contributed by atoms with van der Waals surface area (Å²) in [4.78, 5) is 28.1. The van der Waals surface area contributed by atoms with Crippen molar-refractivity contribution < 1.29 is 9.59 Å². The zero-order chi connectivity index (χ0) is 18.6. The van der Waals surface area contributed by atoms with Crippen LogP contribution in [0, 0.1) is 0 Å². The molecule has 0 aromatic heterocycles. The van der Waals surface area contributed by atoms with E-state index in [1.54, 1.807) is 4.90 Å². The molecule has 0 aliphatic carbocycles. The van der Waals surface area contributed by atoms with Gasteiger partial charge < -0.3 is 20.4 Å². The number of nitrogens with one attached hydrogen (secondary N) is 2. The van der Waals surface area contributed by atoms with Gasteiger partial charge in [-0.1, -0.05) is 30.3 Å². The Morgan fingerprint density at radius 1 is 1.04 bits per heavy atom. The SMILES string of the molecule is O=C(Nc1ccc(N2CCCC2=O)cc1)N1CCN[C@@H](c2ccccc2)C1. The standard InChI is InChI=1S/C21H24N4O2/c26-20-7-4-13-25(20)18-10-8-17(9-11-18)23-21(27)24-14-12-22-19(15-24)16-5-2-1-3-6-16/h1-3,5-6,8-11,19,22H,4,7,12-15H2,(H,23,27)/t19-/m1/s1. The summed E-state index contributed by atoms with van der Waals surface area (Å²) in [6, 6.07) is 17.7. The van der Waals surface area contributed by atoms with E-state index in [0.717, 1.165) is 30.9 Å². The van der Waals surface area contributed by atoms with Crippen molar-refractivity contribution in [2.45, 2.75) is 18.9 Å². The molecule has 2 aliphatic rings. The maximum Gasteiger partial charge on any atom is 0.321 e. The third-order valence-corrected chi connectivity index (χ3v) is 5.17. The van der Waals surface area contributed by atoms with Crippen LogP contribution in [0.1, 0.15) is 24.4 Å². The van der Waals surface area contributed by atoms with Crippen molar-refractivity contribution in [3.63, 3.8) is 0 Å². The van der Waals surface area contributed by atoms with E-state index in [4.69, 9.17) is 0 Å². The van der Waals surface area contributed by atoms with Crippen LogP contribution in [0.3, 0.4) is 0 Å². The molecular weight excluding hydrogens is 340 g/mol. The number of amides is 3. The van der Waals surface area contributed by atoms with Crippen LogP contribution in [0.4, 0.5) is 16.2 Å². The maximum absolute atomic E-state index is 12.7. The second-order valence-electron chi connectivity index (χ2n) is 6.99. The minimum Gasteiger partial charge on any atom is -0.321 e. The first-order chi connectivity index (χ1) is 13.2. The highest BCUT2D eigenvalue weighted by molar-refractivity contribution is 5.96. The van der Waals surface area contributed by atoms with Gasteiger partial charge in [-0.2, -0.15) is 0 Å². The van der Waals surface area contributed by atoms with Gasteiger partial charge in [0.2, 0.25) is 5.91 Å².